The summed E-state index contributed by atoms with van der Waals surface area (Å²) in [4.78, 5) is 4.57. The molecular weight excluding hydrogens is 272 g/mol. The second-order valence-corrected chi connectivity index (χ2v) is 5.99. The molecule has 0 unspecified atom stereocenters. The normalized spacial score (nSPS) is 18.5. The first-order valence-corrected chi connectivity index (χ1v) is 7.18. The molecule has 102 valence electrons. The molecule has 0 amide bonds. The number of aromatic amines is 1. The number of hydrogen-bond acceptors (Lipinski definition) is 3. The van der Waals surface area contributed by atoms with Gasteiger partial charge in [-0.25, -0.2) is 4.98 Å². The molecule has 3 heterocycles. The Hall–Kier alpha value is -1.81. The highest BCUT2D eigenvalue weighted by Crippen LogP contribution is 2.49. The Kier molecular flexibility index (Phi) is 2.45. The summed E-state index contributed by atoms with van der Waals surface area (Å²) in [5, 5.41) is 11.3. The van der Waals surface area contributed by atoms with E-state index in [1.807, 2.05) is 19.3 Å². The van der Waals surface area contributed by atoms with E-state index in [1.165, 1.54) is 5.56 Å². The lowest BCUT2D eigenvalue weighted by atomic mass is 9.80. The first-order chi connectivity index (χ1) is 9.71. The fraction of sp³-hybridized carbons (Fsp3) is 0.333. The first kappa shape index (κ1) is 12.0. The third-order valence-corrected chi connectivity index (χ3v) is 4.84. The first-order valence-electron chi connectivity index (χ1n) is 6.80. The minimum Gasteiger partial charge on any atom is -0.369 e. The zero-order chi connectivity index (χ0) is 13.7. The molecule has 20 heavy (non-hydrogen) atoms. The maximum atomic E-state index is 6.74. The molecule has 2 N–H and O–H groups in total. The number of nitrogens with one attached hydrogen (secondary N) is 2. The lowest BCUT2D eigenvalue weighted by Gasteiger charge is -2.24. The van der Waals surface area contributed by atoms with E-state index in [9.17, 15) is 0 Å². The van der Waals surface area contributed by atoms with Crippen molar-refractivity contribution in [1.29, 1.82) is 0 Å². The van der Waals surface area contributed by atoms with Crippen LogP contribution < -0.4 is 5.32 Å². The van der Waals surface area contributed by atoms with Crippen LogP contribution in [0.3, 0.4) is 0 Å². The van der Waals surface area contributed by atoms with Crippen LogP contribution in [0.2, 0.25) is 5.02 Å². The molecule has 0 fully saturated rings. The number of H-pyrrole nitrogens is 1. The molecule has 0 saturated carbocycles. The number of pyridine rings is 1. The van der Waals surface area contributed by atoms with Gasteiger partial charge >= 0.3 is 0 Å². The molecule has 1 aliphatic heterocycles. The largest absolute Gasteiger partial charge is 0.369 e. The highest BCUT2D eigenvalue weighted by atomic mass is 35.5. The number of aromatic nitrogens is 3. The summed E-state index contributed by atoms with van der Waals surface area (Å²) in [7, 11) is 0. The molecule has 0 bridgehead atoms. The van der Waals surface area contributed by atoms with Crippen molar-refractivity contribution in [1.82, 2.24) is 15.2 Å². The van der Waals surface area contributed by atoms with Crippen LogP contribution in [0, 0.1) is 6.92 Å². The maximum absolute atomic E-state index is 6.74. The van der Waals surface area contributed by atoms with Gasteiger partial charge in [0.1, 0.15) is 5.82 Å². The predicted octanol–water partition coefficient (Wildman–Crippen LogP) is 3.45. The van der Waals surface area contributed by atoms with E-state index in [0.717, 1.165) is 47.0 Å². The third kappa shape index (κ3) is 1.48. The molecule has 0 atom stereocenters. The molecule has 0 saturated heterocycles. The number of aryl methyl sites for hydroxylation is 1. The van der Waals surface area contributed by atoms with E-state index in [1.54, 1.807) is 0 Å². The average molecular weight is 287 g/mol. The van der Waals surface area contributed by atoms with E-state index in [4.69, 9.17) is 11.6 Å². The Bertz CT molecular complexity index is 709. The molecule has 5 heteroatoms. The average Bonchev–Trinajstić information content (AvgIpc) is 3.14. The lowest BCUT2D eigenvalue weighted by Crippen LogP contribution is -2.25. The summed E-state index contributed by atoms with van der Waals surface area (Å²) >= 11 is 6.74. The topological polar surface area (TPSA) is 53.6 Å². The van der Waals surface area contributed by atoms with Crippen molar-refractivity contribution >= 4 is 17.4 Å². The van der Waals surface area contributed by atoms with Crippen molar-refractivity contribution in [3.8, 4) is 11.1 Å². The van der Waals surface area contributed by atoms with Gasteiger partial charge in [-0.15, -0.1) is 0 Å². The van der Waals surface area contributed by atoms with Crippen molar-refractivity contribution in [2.45, 2.75) is 25.2 Å². The summed E-state index contributed by atoms with van der Waals surface area (Å²) in [5.41, 5.74) is 4.19. The Morgan fingerprint density at radius 3 is 2.75 bits per heavy atom. The molecule has 2 aliphatic rings. The van der Waals surface area contributed by atoms with Gasteiger partial charge in [-0.1, -0.05) is 23.8 Å². The smallest absolute Gasteiger partial charge is 0.131 e. The van der Waals surface area contributed by atoms with Gasteiger partial charge in [0.15, 0.2) is 0 Å². The van der Waals surface area contributed by atoms with Gasteiger partial charge in [0, 0.05) is 41.0 Å². The van der Waals surface area contributed by atoms with Gasteiger partial charge in [0.2, 0.25) is 0 Å². The number of halogens is 1. The molecule has 2 aromatic rings. The van der Waals surface area contributed by atoms with Gasteiger partial charge in [0.05, 0.1) is 10.7 Å². The highest BCUT2D eigenvalue weighted by molar-refractivity contribution is 6.34. The minimum absolute atomic E-state index is 0.0903. The van der Waals surface area contributed by atoms with Crippen LogP contribution in [0.4, 0.5) is 5.82 Å². The van der Waals surface area contributed by atoms with E-state index < -0.39 is 0 Å². The Morgan fingerprint density at radius 2 is 2.05 bits per heavy atom. The summed E-state index contributed by atoms with van der Waals surface area (Å²) in [6, 6.07) is 0. The number of rotatable bonds is 1. The maximum Gasteiger partial charge on any atom is 0.131 e. The number of nitrogens with zero attached hydrogens (tertiary/aromatic N) is 2. The van der Waals surface area contributed by atoms with Crippen molar-refractivity contribution in [2.24, 2.45) is 0 Å². The van der Waals surface area contributed by atoms with Gasteiger partial charge in [0.25, 0.3) is 0 Å². The standard InChI is InChI=1S/C15H15ClN4/c1-9-10(7-19-20-9)11-6-17-14-12(13(11)16)15(8-18-14)4-2-3-5-15/h2-3,6-7H,4-5,8H2,1H3,(H,17,18)(H,19,20). The third-order valence-electron chi connectivity index (χ3n) is 4.45. The monoisotopic (exact) mass is 286 g/mol. The molecule has 4 nitrogen and oxygen atoms in total. The van der Waals surface area contributed by atoms with Gasteiger partial charge in [-0.3, -0.25) is 5.10 Å². The lowest BCUT2D eigenvalue weighted by molar-refractivity contribution is 0.509. The Labute approximate surface area is 122 Å². The fourth-order valence-electron chi connectivity index (χ4n) is 3.32. The van der Waals surface area contributed by atoms with Crippen LogP contribution in [0.15, 0.2) is 24.5 Å². The summed E-state index contributed by atoms with van der Waals surface area (Å²) in [6.45, 7) is 2.89. The van der Waals surface area contributed by atoms with Gasteiger partial charge in [-0.2, -0.15) is 5.10 Å². The molecule has 0 radical (unpaired) electrons. The molecule has 2 aromatic heterocycles. The van der Waals surface area contributed by atoms with Gasteiger partial charge < -0.3 is 5.32 Å². The van der Waals surface area contributed by atoms with Crippen molar-refractivity contribution in [2.75, 3.05) is 11.9 Å². The molecule has 4 rings (SSSR count). The number of fused-ring (bicyclic) bond motifs is 2. The Balaban J connectivity index is 1.92. The highest BCUT2D eigenvalue weighted by Gasteiger charge is 2.42. The summed E-state index contributed by atoms with van der Waals surface area (Å²) in [5.74, 6) is 0.934. The van der Waals surface area contributed by atoms with Crippen molar-refractivity contribution < 1.29 is 0 Å². The van der Waals surface area contributed by atoms with Crippen molar-refractivity contribution in [3.63, 3.8) is 0 Å². The quantitative estimate of drug-likeness (QED) is 0.790. The minimum atomic E-state index is 0.0903. The molecule has 0 aromatic carbocycles. The number of anilines is 1. The summed E-state index contributed by atoms with van der Waals surface area (Å²) < 4.78 is 0. The van der Waals surface area contributed by atoms with Crippen LogP contribution >= 0.6 is 11.6 Å². The predicted molar refractivity (Wildman–Crippen MR) is 80.1 cm³/mol. The van der Waals surface area contributed by atoms with Crippen LogP contribution in [0.25, 0.3) is 11.1 Å². The molecule has 1 spiro atoms. The van der Waals surface area contributed by atoms with Crippen LogP contribution in [-0.2, 0) is 5.41 Å². The van der Waals surface area contributed by atoms with E-state index in [-0.39, 0.29) is 5.41 Å². The number of allylic oxidation sites excluding steroid dienone is 2. The fourth-order valence-corrected chi connectivity index (χ4v) is 3.76. The molecular formula is C15H15ClN4. The zero-order valence-corrected chi connectivity index (χ0v) is 12.0. The van der Waals surface area contributed by atoms with Crippen LogP contribution in [-0.4, -0.2) is 21.7 Å². The summed E-state index contributed by atoms with van der Waals surface area (Å²) in [6.07, 6.45) is 10.3. The van der Waals surface area contributed by atoms with Crippen molar-refractivity contribution in [3.05, 3.63) is 40.8 Å². The second kappa shape index (κ2) is 4.09. The van der Waals surface area contributed by atoms with E-state index in [0.29, 0.717) is 0 Å². The van der Waals surface area contributed by atoms with E-state index >= 15 is 0 Å². The van der Waals surface area contributed by atoms with Crippen LogP contribution in [0.5, 0.6) is 0 Å². The second-order valence-electron chi connectivity index (χ2n) is 5.61. The Morgan fingerprint density at radius 1 is 1.25 bits per heavy atom. The van der Waals surface area contributed by atoms with Crippen LogP contribution in [0.1, 0.15) is 24.1 Å². The molecule has 1 aliphatic carbocycles. The van der Waals surface area contributed by atoms with E-state index in [2.05, 4.69) is 32.7 Å². The zero-order valence-electron chi connectivity index (χ0n) is 11.2. The number of hydrogen-bond donors (Lipinski definition) is 2. The van der Waals surface area contributed by atoms with Gasteiger partial charge in [-0.05, 0) is 19.8 Å². The SMILES string of the molecule is Cc1n[nH]cc1-c1cnc2c(c1Cl)C1(CC=CC1)CN2.